The highest BCUT2D eigenvalue weighted by atomic mass is 16.4. The van der Waals surface area contributed by atoms with Crippen LogP contribution in [0, 0.1) is 5.41 Å². The summed E-state index contributed by atoms with van der Waals surface area (Å²) in [5, 5.41) is 24.1. The van der Waals surface area contributed by atoms with Crippen LogP contribution in [-0.4, -0.2) is 68.3 Å². The molecule has 11 heteroatoms. The van der Waals surface area contributed by atoms with E-state index in [4.69, 9.17) is 10.4 Å². The highest BCUT2D eigenvalue weighted by molar-refractivity contribution is 6.11. The van der Waals surface area contributed by atoms with E-state index in [1.54, 1.807) is 60.4 Å². The van der Waals surface area contributed by atoms with E-state index in [9.17, 15) is 19.5 Å². The van der Waals surface area contributed by atoms with Crippen LogP contribution in [0.4, 0.5) is 10.5 Å². The van der Waals surface area contributed by atoms with Gasteiger partial charge in [0.15, 0.2) is 0 Å². The molecule has 1 fully saturated rings. The van der Waals surface area contributed by atoms with Crippen molar-refractivity contribution in [3.63, 3.8) is 0 Å². The number of anilines is 1. The van der Waals surface area contributed by atoms with Crippen molar-refractivity contribution in [3.8, 4) is 0 Å². The number of imidazole rings is 1. The molecule has 1 atom stereocenters. The SMILES string of the molecule is CN(C(=O)O)[C@@](C)(C(=O)N1CCCC1)c1ccc2c(c1)nc(CNc1ccc(C(=N)NC(=O)c3ccccc3)cc1)n2C. The Morgan fingerprint density at radius 3 is 2.33 bits per heavy atom. The third kappa shape index (κ3) is 5.78. The number of carbonyl (C=O) groups excluding carboxylic acids is 2. The molecule has 0 unspecified atom stereocenters. The average molecular weight is 582 g/mol. The number of benzene rings is 3. The van der Waals surface area contributed by atoms with E-state index in [1.807, 2.05) is 35.9 Å². The van der Waals surface area contributed by atoms with Gasteiger partial charge in [-0.2, -0.15) is 0 Å². The maximum atomic E-state index is 13.6. The number of hydrogen-bond acceptors (Lipinski definition) is 6. The number of likely N-dealkylation sites (tertiary alicyclic amines) is 1. The zero-order valence-corrected chi connectivity index (χ0v) is 24.4. The van der Waals surface area contributed by atoms with Crippen LogP contribution in [0.3, 0.4) is 0 Å². The van der Waals surface area contributed by atoms with E-state index in [0.29, 0.717) is 41.8 Å². The molecule has 222 valence electrons. The Morgan fingerprint density at radius 2 is 1.67 bits per heavy atom. The number of nitrogens with zero attached hydrogens (tertiary/aromatic N) is 4. The first-order valence-corrected chi connectivity index (χ1v) is 14.1. The van der Waals surface area contributed by atoms with Crippen LogP contribution in [0.15, 0.2) is 72.8 Å². The predicted octanol–water partition coefficient (Wildman–Crippen LogP) is 4.39. The Hall–Kier alpha value is -5.19. The Labute approximate surface area is 249 Å². The first-order chi connectivity index (χ1) is 20.6. The summed E-state index contributed by atoms with van der Waals surface area (Å²) >= 11 is 0. The summed E-state index contributed by atoms with van der Waals surface area (Å²) in [5.41, 5.74) is 2.56. The zero-order valence-electron chi connectivity index (χ0n) is 24.4. The van der Waals surface area contributed by atoms with Crippen LogP contribution in [0.1, 0.15) is 47.1 Å². The fraction of sp³-hybridized carbons (Fsp3) is 0.281. The van der Waals surface area contributed by atoms with E-state index < -0.39 is 11.6 Å². The molecule has 11 nitrogen and oxygen atoms in total. The normalized spacial score (nSPS) is 14.3. The van der Waals surface area contributed by atoms with Crippen molar-refractivity contribution in [2.24, 2.45) is 7.05 Å². The first kappa shape index (κ1) is 29.3. The van der Waals surface area contributed by atoms with Crippen molar-refractivity contribution < 1.29 is 19.5 Å². The number of nitrogens with one attached hydrogen (secondary N) is 3. The predicted molar refractivity (Wildman–Crippen MR) is 164 cm³/mol. The number of amides is 3. The van der Waals surface area contributed by atoms with Gasteiger partial charge >= 0.3 is 6.09 Å². The lowest BCUT2D eigenvalue weighted by molar-refractivity contribution is -0.141. The minimum Gasteiger partial charge on any atom is -0.465 e. The van der Waals surface area contributed by atoms with Crippen molar-refractivity contribution >= 4 is 40.5 Å². The Bertz CT molecular complexity index is 1680. The Balaban J connectivity index is 1.31. The van der Waals surface area contributed by atoms with Crippen LogP contribution in [0.5, 0.6) is 0 Å². The van der Waals surface area contributed by atoms with Crippen molar-refractivity contribution in [2.75, 3.05) is 25.5 Å². The van der Waals surface area contributed by atoms with Gasteiger partial charge in [-0.05, 0) is 73.9 Å². The summed E-state index contributed by atoms with van der Waals surface area (Å²) in [4.78, 5) is 45.6. The summed E-state index contributed by atoms with van der Waals surface area (Å²) in [5.74, 6) is 0.185. The fourth-order valence-corrected chi connectivity index (χ4v) is 5.37. The molecular weight excluding hydrogens is 546 g/mol. The number of fused-ring (bicyclic) bond motifs is 1. The molecule has 0 aliphatic carbocycles. The molecule has 0 bridgehead atoms. The molecule has 0 saturated carbocycles. The highest BCUT2D eigenvalue weighted by Crippen LogP contribution is 2.33. The second kappa shape index (κ2) is 12.0. The number of carbonyl (C=O) groups is 3. The molecule has 0 spiro atoms. The van der Waals surface area contributed by atoms with E-state index in [-0.39, 0.29) is 17.6 Å². The first-order valence-electron chi connectivity index (χ1n) is 14.1. The number of rotatable bonds is 8. The Morgan fingerprint density at radius 1 is 1.00 bits per heavy atom. The van der Waals surface area contributed by atoms with Crippen LogP contribution < -0.4 is 10.6 Å². The molecule has 4 aromatic rings. The molecule has 1 aliphatic rings. The van der Waals surface area contributed by atoms with Gasteiger partial charge < -0.3 is 25.2 Å². The second-order valence-electron chi connectivity index (χ2n) is 10.8. The van der Waals surface area contributed by atoms with Crippen LogP contribution >= 0.6 is 0 Å². The molecule has 1 aromatic heterocycles. The van der Waals surface area contributed by atoms with Crippen LogP contribution in [0.25, 0.3) is 11.0 Å². The lowest BCUT2D eigenvalue weighted by Gasteiger charge is -2.38. The molecule has 4 N–H and O–H groups in total. The standard InChI is InChI=1S/C32H35N7O4/c1-32(38(3)31(42)43,30(41)39-17-7-8-18-39)23-13-16-26-25(19-23)35-27(37(26)2)20-34-24-14-11-21(12-15-24)28(33)36-29(40)22-9-5-4-6-10-22/h4-6,9-16,19,34H,7-8,17-18,20H2,1-3H3,(H,42,43)(H2,33,36,40)/t32-/m1/s1. The van der Waals surface area contributed by atoms with Crippen molar-refractivity contribution in [1.82, 2.24) is 24.7 Å². The highest BCUT2D eigenvalue weighted by Gasteiger charge is 2.45. The third-order valence-corrected chi connectivity index (χ3v) is 8.20. The van der Waals surface area contributed by atoms with Crippen LogP contribution in [0.2, 0.25) is 0 Å². The molecule has 1 aliphatic heterocycles. The van der Waals surface area contributed by atoms with Gasteiger partial charge in [-0.25, -0.2) is 9.78 Å². The van der Waals surface area contributed by atoms with Gasteiger partial charge in [0.1, 0.15) is 17.2 Å². The van der Waals surface area contributed by atoms with E-state index in [2.05, 4.69) is 10.6 Å². The van der Waals surface area contributed by atoms with Crippen molar-refractivity contribution in [2.45, 2.75) is 31.8 Å². The molecule has 3 aromatic carbocycles. The molecular formula is C32H35N7O4. The lowest BCUT2D eigenvalue weighted by Crippen LogP contribution is -2.55. The largest absolute Gasteiger partial charge is 0.465 e. The van der Waals surface area contributed by atoms with Crippen LogP contribution in [-0.2, 0) is 23.9 Å². The minimum absolute atomic E-state index is 0.00955. The number of likely N-dealkylation sites (N-methyl/N-ethyl adjacent to an activating group) is 1. The quantitative estimate of drug-likeness (QED) is 0.180. The maximum absolute atomic E-state index is 13.6. The third-order valence-electron chi connectivity index (χ3n) is 8.20. The van der Waals surface area contributed by atoms with Gasteiger partial charge in [-0.3, -0.25) is 19.9 Å². The minimum atomic E-state index is -1.39. The summed E-state index contributed by atoms with van der Waals surface area (Å²) < 4.78 is 1.95. The van der Waals surface area contributed by atoms with Gasteiger partial charge in [-0.1, -0.05) is 24.3 Å². The fourth-order valence-electron chi connectivity index (χ4n) is 5.37. The lowest BCUT2D eigenvalue weighted by atomic mass is 9.88. The molecule has 5 rings (SSSR count). The summed E-state index contributed by atoms with van der Waals surface area (Å²) in [6, 6.07) is 21.4. The smallest absolute Gasteiger partial charge is 0.408 e. The topological polar surface area (TPSA) is 144 Å². The number of aryl methyl sites for hydroxylation is 1. The molecule has 1 saturated heterocycles. The molecule has 3 amide bonds. The number of carboxylic acid groups (broad SMARTS) is 1. The van der Waals surface area contributed by atoms with E-state index >= 15 is 0 Å². The van der Waals surface area contributed by atoms with Crippen molar-refractivity contribution in [3.05, 3.63) is 95.3 Å². The molecule has 43 heavy (non-hydrogen) atoms. The summed E-state index contributed by atoms with van der Waals surface area (Å²) in [6.45, 7) is 3.30. The van der Waals surface area contributed by atoms with E-state index in [0.717, 1.165) is 34.8 Å². The number of amidine groups is 1. The number of hydrogen-bond donors (Lipinski definition) is 4. The van der Waals surface area contributed by atoms with Gasteiger partial charge in [0.2, 0.25) is 0 Å². The van der Waals surface area contributed by atoms with Gasteiger partial charge in [0.05, 0.1) is 17.6 Å². The van der Waals surface area contributed by atoms with Gasteiger partial charge in [0, 0.05) is 44.0 Å². The summed E-state index contributed by atoms with van der Waals surface area (Å²) in [7, 11) is 3.34. The Kier molecular flexibility index (Phi) is 8.16. The second-order valence-corrected chi connectivity index (χ2v) is 10.8. The van der Waals surface area contributed by atoms with Gasteiger partial charge in [-0.15, -0.1) is 0 Å². The number of aromatic nitrogens is 2. The zero-order chi connectivity index (χ0) is 30.7. The van der Waals surface area contributed by atoms with Crippen molar-refractivity contribution in [1.29, 1.82) is 5.41 Å². The average Bonchev–Trinajstić information content (AvgIpc) is 3.67. The molecule has 0 radical (unpaired) electrons. The maximum Gasteiger partial charge on any atom is 0.408 e. The monoisotopic (exact) mass is 581 g/mol. The van der Waals surface area contributed by atoms with E-state index in [1.165, 1.54) is 7.05 Å². The van der Waals surface area contributed by atoms with Gasteiger partial charge in [0.25, 0.3) is 11.8 Å². The summed E-state index contributed by atoms with van der Waals surface area (Å²) in [6.07, 6.45) is 0.634. The molecule has 2 heterocycles.